The number of hydrogen-bond donors (Lipinski definition) is 0. The van der Waals surface area contributed by atoms with Crippen LogP contribution >= 0.6 is 0 Å². The first kappa shape index (κ1) is 31.3. The highest BCUT2D eigenvalue weighted by Gasteiger charge is 2.38. The van der Waals surface area contributed by atoms with Crippen molar-refractivity contribution in [2.45, 2.75) is 38.5 Å². The first-order valence-electron chi connectivity index (χ1n) is 19.4. The average Bonchev–Trinajstić information content (AvgIpc) is 3.22. The summed E-state index contributed by atoms with van der Waals surface area (Å²) in [5, 5.41) is 5.42. The van der Waals surface area contributed by atoms with E-state index in [0.717, 1.165) is 32.1 Å². The normalized spacial score (nSPS) is 25.8. The lowest BCUT2D eigenvalue weighted by molar-refractivity contribution is 0.584. The Morgan fingerprint density at radius 2 is 1.23 bits per heavy atom. The van der Waals surface area contributed by atoms with Crippen molar-refractivity contribution in [3.8, 4) is 0 Å². The van der Waals surface area contributed by atoms with Crippen molar-refractivity contribution in [2.75, 3.05) is 0 Å². The summed E-state index contributed by atoms with van der Waals surface area (Å²) in [4.78, 5) is 0. The quantitative estimate of drug-likeness (QED) is 0.254. The van der Waals surface area contributed by atoms with Crippen LogP contribution in [0.25, 0.3) is 28.0 Å². The van der Waals surface area contributed by atoms with E-state index in [9.17, 15) is 0 Å². The number of benzene rings is 3. The Labute approximate surface area is 308 Å². The largest absolute Gasteiger partial charge is 0.0842 e. The lowest BCUT2D eigenvalue weighted by atomic mass is 9.63. The molecular weight excluding hydrogens is 625 g/mol. The molecule has 0 N–H and O–H groups in total. The molecule has 0 amide bonds. The molecule has 0 saturated heterocycles. The third-order valence-corrected chi connectivity index (χ3v) is 12.4. The van der Waals surface area contributed by atoms with E-state index in [0.29, 0.717) is 11.8 Å². The summed E-state index contributed by atoms with van der Waals surface area (Å²) in [7, 11) is 0. The van der Waals surface area contributed by atoms with Crippen molar-refractivity contribution in [3.63, 3.8) is 0 Å². The van der Waals surface area contributed by atoms with E-state index >= 15 is 0 Å². The summed E-state index contributed by atoms with van der Waals surface area (Å²) >= 11 is 0. The van der Waals surface area contributed by atoms with Crippen molar-refractivity contribution in [3.05, 3.63) is 219 Å². The van der Waals surface area contributed by atoms with Gasteiger partial charge in [-0.05, 0) is 115 Å². The molecular formula is C52H44. The maximum atomic E-state index is 2.59. The molecule has 0 heteroatoms. The van der Waals surface area contributed by atoms with Gasteiger partial charge in [-0.25, -0.2) is 0 Å². The van der Waals surface area contributed by atoms with Crippen LogP contribution in [0, 0.1) is 23.7 Å². The second kappa shape index (κ2) is 13.3. The molecule has 0 fully saturated rings. The molecule has 0 aromatic heterocycles. The maximum Gasteiger partial charge on any atom is 0.0137 e. The van der Waals surface area contributed by atoms with Crippen LogP contribution in [0.1, 0.15) is 49.7 Å². The van der Waals surface area contributed by atoms with E-state index in [1.54, 1.807) is 0 Å². The van der Waals surface area contributed by atoms with Crippen LogP contribution < -0.4 is 10.4 Å². The van der Waals surface area contributed by atoms with Crippen LogP contribution in [-0.4, -0.2) is 0 Å². The first-order valence-corrected chi connectivity index (χ1v) is 19.4. The predicted octanol–water partition coefficient (Wildman–Crippen LogP) is 11.4. The molecule has 3 aromatic rings. The molecule has 7 aliphatic carbocycles. The number of fused-ring (bicyclic) bond motifs is 5. The van der Waals surface area contributed by atoms with E-state index in [1.165, 1.54) is 83.3 Å². The molecule has 0 nitrogen and oxygen atoms in total. The fourth-order valence-corrected chi connectivity index (χ4v) is 9.90. The van der Waals surface area contributed by atoms with Gasteiger partial charge in [-0.1, -0.05) is 170 Å². The van der Waals surface area contributed by atoms with Crippen molar-refractivity contribution in [1.29, 1.82) is 0 Å². The molecule has 4 atom stereocenters. The molecule has 0 radical (unpaired) electrons. The Kier molecular flexibility index (Phi) is 7.98. The minimum atomic E-state index is 0.256. The molecule has 252 valence electrons. The van der Waals surface area contributed by atoms with Gasteiger partial charge in [-0.3, -0.25) is 0 Å². The summed E-state index contributed by atoms with van der Waals surface area (Å²) in [5.74, 6) is 1.29. The van der Waals surface area contributed by atoms with Gasteiger partial charge in [0.1, 0.15) is 0 Å². The van der Waals surface area contributed by atoms with Crippen LogP contribution in [0.15, 0.2) is 197 Å². The Morgan fingerprint density at radius 1 is 0.519 bits per heavy atom. The van der Waals surface area contributed by atoms with Crippen molar-refractivity contribution >= 4 is 28.0 Å². The van der Waals surface area contributed by atoms with E-state index in [1.807, 2.05) is 0 Å². The van der Waals surface area contributed by atoms with Gasteiger partial charge in [0.25, 0.3) is 0 Å². The number of hydrogen-bond acceptors (Lipinski definition) is 0. The van der Waals surface area contributed by atoms with Gasteiger partial charge in [0, 0.05) is 23.7 Å². The van der Waals surface area contributed by atoms with Gasteiger partial charge >= 0.3 is 0 Å². The highest BCUT2D eigenvalue weighted by Crippen LogP contribution is 2.49. The molecule has 10 rings (SSSR count). The number of rotatable bonds is 5. The molecule has 7 aliphatic rings. The monoisotopic (exact) mass is 668 g/mol. The smallest absolute Gasteiger partial charge is 0.0137 e. The highest BCUT2D eigenvalue weighted by molar-refractivity contribution is 6.00. The maximum absolute atomic E-state index is 2.59. The van der Waals surface area contributed by atoms with Crippen LogP contribution in [0.5, 0.6) is 0 Å². The average molecular weight is 669 g/mol. The summed E-state index contributed by atoms with van der Waals surface area (Å²) in [5.41, 5.74) is 14.6. The van der Waals surface area contributed by atoms with E-state index in [2.05, 4.69) is 170 Å². The summed E-state index contributed by atoms with van der Waals surface area (Å²) < 4.78 is 0. The summed E-state index contributed by atoms with van der Waals surface area (Å²) in [6.45, 7) is 0. The van der Waals surface area contributed by atoms with E-state index in [4.69, 9.17) is 0 Å². The van der Waals surface area contributed by atoms with Crippen molar-refractivity contribution in [2.24, 2.45) is 23.7 Å². The van der Waals surface area contributed by atoms with Crippen LogP contribution in [0.4, 0.5) is 0 Å². The van der Waals surface area contributed by atoms with Crippen LogP contribution in [-0.2, 0) is 0 Å². The Bertz CT molecular complexity index is 2520. The molecule has 52 heavy (non-hydrogen) atoms. The lowest BCUT2D eigenvalue weighted by Gasteiger charge is -2.40. The van der Waals surface area contributed by atoms with Crippen LogP contribution in [0.2, 0.25) is 0 Å². The third-order valence-electron chi connectivity index (χ3n) is 12.4. The Balaban J connectivity index is 1.12. The second-order valence-electron chi connectivity index (χ2n) is 15.2. The fraction of sp³-hybridized carbons (Fsp3) is 0.192. The first-order chi connectivity index (χ1) is 25.8. The zero-order valence-corrected chi connectivity index (χ0v) is 29.7. The summed E-state index contributed by atoms with van der Waals surface area (Å²) in [6.07, 6.45) is 49.3. The second-order valence-corrected chi connectivity index (χ2v) is 15.2. The lowest BCUT2D eigenvalue weighted by Crippen LogP contribution is -2.41. The minimum absolute atomic E-state index is 0.256. The standard InChI is InChI=1S/C52H44/c1-2-14-36(15-3-1)37-29-26-35(27-30-37)28-31-38-32-33-49(43-20-7-6-17-40(38)43)51-45-22-10-12-24-47(45)52(48-25-13-11-23-46(48)51)50-34-39-16-4-5-18-41(39)42-19-8-9-21-44(42)50/h1-2,5-14,17-26,28-29,31-34,42,44-45,47H,3-4,15-16,27,30H2. The van der Waals surface area contributed by atoms with Gasteiger partial charge < -0.3 is 0 Å². The van der Waals surface area contributed by atoms with Gasteiger partial charge in [0.15, 0.2) is 0 Å². The predicted molar refractivity (Wildman–Crippen MR) is 220 cm³/mol. The molecule has 0 spiro atoms. The summed E-state index contributed by atoms with van der Waals surface area (Å²) in [6, 6.07) is 23.1. The van der Waals surface area contributed by atoms with Crippen molar-refractivity contribution < 1.29 is 0 Å². The topological polar surface area (TPSA) is 0 Å². The fourth-order valence-electron chi connectivity index (χ4n) is 9.90. The third kappa shape index (κ3) is 5.36. The van der Waals surface area contributed by atoms with E-state index in [-0.39, 0.29) is 11.8 Å². The zero-order valence-electron chi connectivity index (χ0n) is 29.7. The van der Waals surface area contributed by atoms with Gasteiger partial charge in [-0.2, -0.15) is 0 Å². The van der Waals surface area contributed by atoms with Crippen LogP contribution in [0.3, 0.4) is 0 Å². The highest BCUT2D eigenvalue weighted by atomic mass is 14.4. The minimum Gasteiger partial charge on any atom is -0.0842 e. The molecule has 4 unspecified atom stereocenters. The molecule has 0 bridgehead atoms. The van der Waals surface area contributed by atoms with Gasteiger partial charge in [-0.15, -0.1) is 0 Å². The Hall–Kier alpha value is -5.46. The number of allylic oxidation sites excluding steroid dienone is 23. The van der Waals surface area contributed by atoms with Gasteiger partial charge in [0.05, 0.1) is 0 Å². The molecule has 0 heterocycles. The molecule has 0 aliphatic heterocycles. The SMILES string of the molecule is C1=CCCC(C2=CC=C(C=Cc3ccc(C4=c5ccccc5=C(C5=CC6=C(C=CCC6)C6C=CC=CC56)C5C=CC=CC45)c4ccccc34)CC2)=C1. The zero-order chi connectivity index (χ0) is 34.4. The van der Waals surface area contributed by atoms with Gasteiger partial charge in [0.2, 0.25) is 0 Å². The molecule has 3 aromatic carbocycles. The van der Waals surface area contributed by atoms with Crippen molar-refractivity contribution in [1.82, 2.24) is 0 Å². The van der Waals surface area contributed by atoms with E-state index < -0.39 is 0 Å². The Morgan fingerprint density at radius 3 is 2.02 bits per heavy atom. The molecule has 0 saturated carbocycles.